The Morgan fingerprint density at radius 1 is 1.38 bits per heavy atom. The van der Waals surface area contributed by atoms with Gasteiger partial charge in [-0.2, -0.15) is 5.10 Å². The summed E-state index contributed by atoms with van der Waals surface area (Å²) in [7, 11) is 2.05. The Balaban J connectivity index is 2.40. The average Bonchev–Trinajstić information content (AvgIpc) is 2.50. The van der Waals surface area contributed by atoms with Crippen LogP contribution in [0.25, 0.3) is 0 Å². The van der Waals surface area contributed by atoms with Gasteiger partial charge in [-0.05, 0) is 19.8 Å². The SMILES string of the molecule is CCCc1nn(C)c2c1NCCCN2CC. The number of nitrogens with zero attached hydrogens (tertiary/aromatic N) is 3. The molecule has 0 radical (unpaired) electrons. The van der Waals surface area contributed by atoms with Crippen molar-refractivity contribution in [2.45, 2.75) is 33.1 Å². The maximum Gasteiger partial charge on any atom is 0.150 e. The van der Waals surface area contributed by atoms with Crippen LogP contribution in [0.15, 0.2) is 0 Å². The molecule has 1 aliphatic rings. The van der Waals surface area contributed by atoms with Crippen LogP contribution in [0.4, 0.5) is 11.5 Å². The zero-order valence-electron chi connectivity index (χ0n) is 10.6. The number of anilines is 2. The Morgan fingerprint density at radius 2 is 2.19 bits per heavy atom. The number of aromatic nitrogens is 2. The third-order valence-electron chi connectivity index (χ3n) is 3.16. The fourth-order valence-corrected chi connectivity index (χ4v) is 2.42. The molecule has 0 atom stereocenters. The van der Waals surface area contributed by atoms with Crippen LogP contribution in [0.3, 0.4) is 0 Å². The maximum absolute atomic E-state index is 4.63. The molecule has 4 nitrogen and oxygen atoms in total. The second-order valence-electron chi connectivity index (χ2n) is 4.38. The zero-order chi connectivity index (χ0) is 11.5. The largest absolute Gasteiger partial charge is 0.380 e. The van der Waals surface area contributed by atoms with Crippen molar-refractivity contribution >= 4 is 11.5 Å². The second-order valence-corrected chi connectivity index (χ2v) is 4.38. The van der Waals surface area contributed by atoms with Gasteiger partial charge in [0.1, 0.15) is 5.69 Å². The minimum atomic E-state index is 1.06. The second kappa shape index (κ2) is 4.76. The third kappa shape index (κ3) is 1.88. The summed E-state index contributed by atoms with van der Waals surface area (Å²) < 4.78 is 2.03. The van der Waals surface area contributed by atoms with E-state index in [1.807, 2.05) is 11.7 Å². The molecule has 1 aliphatic heterocycles. The number of hydrogen-bond donors (Lipinski definition) is 1. The molecule has 1 aromatic rings. The van der Waals surface area contributed by atoms with E-state index in [9.17, 15) is 0 Å². The van der Waals surface area contributed by atoms with Crippen molar-refractivity contribution in [1.82, 2.24) is 9.78 Å². The first-order valence-corrected chi connectivity index (χ1v) is 6.32. The first kappa shape index (κ1) is 11.3. The summed E-state index contributed by atoms with van der Waals surface area (Å²) in [4.78, 5) is 2.42. The maximum atomic E-state index is 4.63. The van der Waals surface area contributed by atoms with Crippen LogP contribution in [-0.2, 0) is 13.5 Å². The molecule has 4 heteroatoms. The molecule has 2 rings (SSSR count). The van der Waals surface area contributed by atoms with Gasteiger partial charge < -0.3 is 10.2 Å². The fraction of sp³-hybridized carbons (Fsp3) is 0.750. The van der Waals surface area contributed by atoms with Crippen molar-refractivity contribution in [2.24, 2.45) is 7.05 Å². The summed E-state index contributed by atoms with van der Waals surface area (Å²) in [5.41, 5.74) is 2.49. The van der Waals surface area contributed by atoms with Gasteiger partial charge >= 0.3 is 0 Å². The number of aryl methyl sites for hydroxylation is 2. The van der Waals surface area contributed by atoms with Gasteiger partial charge in [-0.15, -0.1) is 0 Å². The lowest BCUT2D eigenvalue weighted by atomic mass is 10.2. The molecule has 0 bridgehead atoms. The van der Waals surface area contributed by atoms with E-state index < -0.39 is 0 Å². The van der Waals surface area contributed by atoms with Crippen molar-refractivity contribution in [2.75, 3.05) is 29.9 Å². The molecule has 0 aromatic carbocycles. The Hall–Kier alpha value is -1.19. The van der Waals surface area contributed by atoms with Crippen LogP contribution >= 0.6 is 0 Å². The number of rotatable bonds is 3. The molecule has 0 aliphatic carbocycles. The fourth-order valence-electron chi connectivity index (χ4n) is 2.42. The van der Waals surface area contributed by atoms with Gasteiger partial charge in [0, 0.05) is 26.7 Å². The van der Waals surface area contributed by atoms with Crippen molar-refractivity contribution in [3.8, 4) is 0 Å². The zero-order valence-corrected chi connectivity index (χ0v) is 10.6. The Morgan fingerprint density at radius 3 is 2.88 bits per heavy atom. The Labute approximate surface area is 97.6 Å². The van der Waals surface area contributed by atoms with E-state index >= 15 is 0 Å². The number of hydrogen-bond acceptors (Lipinski definition) is 3. The highest BCUT2D eigenvalue weighted by atomic mass is 15.4. The molecule has 0 amide bonds. The molecule has 1 N–H and O–H groups in total. The average molecular weight is 222 g/mol. The van der Waals surface area contributed by atoms with Gasteiger partial charge in [0.05, 0.1) is 5.69 Å². The molecule has 0 fully saturated rings. The lowest BCUT2D eigenvalue weighted by Gasteiger charge is -2.21. The van der Waals surface area contributed by atoms with Crippen LogP contribution in [0.2, 0.25) is 0 Å². The molecule has 1 aromatic heterocycles. The van der Waals surface area contributed by atoms with Crippen molar-refractivity contribution in [3.05, 3.63) is 5.69 Å². The van der Waals surface area contributed by atoms with Crippen LogP contribution in [0.5, 0.6) is 0 Å². The number of fused-ring (bicyclic) bond motifs is 1. The molecule has 0 unspecified atom stereocenters. The lowest BCUT2D eigenvalue weighted by molar-refractivity contribution is 0.688. The normalized spacial score (nSPS) is 15.6. The standard InChI is InChI=1S/C12H22N4/c1-4-7-10-11-12(15(3)14-10)16(5-2)9-6-8-13-11/h13H,4-9H2,1-3H3. The van der Waals surface area contributed by atoms with E-state index in [1.54, 1.807) is 0 Å². The molecule has 0 saturated heterocycles. The highest BCUT2D eigenvalue weighted by Crippen LogP contribution is 2.31. The van der Waals surface area contributed by atoms with Crippen molar-refractivity contribution < 1.29 is 0 Å². The Kier molecular flexibility index (Phi) is 3.36. The third-order valence-corrected chi connectivity index (χ3v) is 3.16. The summed E-state index contributed by atoms with van der Waals surface area (Å²) in [6, 6.07) is 0. The van der Waals surface area contributed by atoms with Crippen LogP contribution in [0.1, 0.15) is 32.4 Å². The van der Waals surface area contributed by atoms with Gasteiger partial charge in [0.2, 0.25) is 0 Å². The molecule has 2 heterocycles. The highest BCUT2D eigenvalue weighted by Gasteiger charge is 2.21. The van der Waals surface area contributed by atoms with Gasteiger partial charge in [-0.25, -0.2) is 0 Å². The van der Waals surface area contributed by atoms with Crippen LogP contribution < -0.4 is 10.2 Å². The molecule has 16 heavy (non-hydrogen) atoms. The first-order valence-electron chi connectivity index (χ1n) is 6.32. The topological polar surface area (TPSA) is 33.1 Å². The smallest absolute Gasteiger partial charge is 0.150 e. The van der Waals surface area contributed by atoms with Gasteiger partial charge in [0.25, 0.3) is 0 Å². The molecule has 0 spiro atoms. The quantitative estimate of drug-likeness (QED) is 0.849. The van der Waals surface area contributed by atoms with Gasteiger partial charge in [-0.1, -0.05) is 13.3 Å². The lowest BCUT2D eigenvalue weighted by Crippen LogP contribution is -2.25. The van der Waals surface area contributed by atoms with Crippen molar-refractivity contribution in [3.63, 3.8) is 0 Å². The van der Waals surface area contributed by atoms with E-state index in [0.717, 1.165) is 32.5 Å². The predicted octanol–water partition coefficient (Wildman–Crippen LogP) is 2.01. The molecule has 0 saturated carbocycles. The van der Waals surface area contributed by atoms with E-state index in [1.165, 1.54) is 23.6 Å². The van der Waals surface area contributed by atoms with E-state index in [2.05, 4.69) is 29.2 Å². The molecular formula is C12H22N4. The van der Waals surface area contributed by atoms with Crippen LogP contribution in [-0.4, -0.2) is 29.4 Å². The van der Waals surface area contributed by atoms with E-state index in [0.29, 0.717) is 0 Å². The van der Waals surface area contributed by atoms with Crippen molar-refractivity contribution in [1.29, 1.82) is 0 Å². The minimum absolute atomic E-state index is 1.06. The van der Waals surface area contributed by atoms with E-state index in [4.69, 9.17) is 0 Å². The van der Waals surface area contributed by atoms with E-state index in [-0.39, 0.29) is 0 Å². The predicted molar refractivity (Wildman–Crippen MR) is 68.2 cm³/mol. The summed E-state index contributed by atoms with van der Waals surface area (Å²) in [5.74, 6) is 1.27. The summed E-state index contributed by atoms with van der Waals surface area (Å²) in [5, 5.41) is 8.17. The summed E-state index contributed by atoms with van der Waals surface area (Å²) in [6.45, 7) is 7.66. The van der Waals surface area contributed by atoms with Gasteiger partial charge in [0.15, 0.2) is 5.82 Å². The van der Waals surface area contributed by atoms with Crippen LogP contribution in [0, 0.1) is 0 Å². The minimum Gasteiger partial charge on any atom is -0.380 e. The summed E-state index contributed by atoms with van der Waals surface area (Å²) >= 11 is 0. The molecular weight excluding hydrogens is 200 g/mol. The summed E-state index contributed by atoms with van der Waals surface area (Å²) in [6.07, 6.45) is 3.42. The number of nitrogens with one attached hydrogen (secondary N) is 1. The molecule has 90 valence electrons. The Bertz CT molecular complexity index is 356. The monoisotopic (exact) mass is 222 g/mol. The first-order chi connectivity index (χ1) is 7.77. The highest BCUT2D eigenvalue weighted by molar-refractivity contribution is 5.70. The van der Waals surface area contributed by atoms with Gasteiger partial charge in [-0.3, -0.25) is 4.68 Å².